The molecule has 5 heterocycles. The molecule has 0 amide bonds. The van der Waals surface area contributed by atoms with E-state index in [-0.39, 0.29) is 31.0 Å². The second kappa shape index (κ2) is 10.7. The summed E-state index contributed by atoms with van der Waals surface area (Å²) in [6.45, 7) is 5.90. The highest BCUT2D eigenvalue weighted by molar-refractivity contribution is 7.48. The average Bonchev–Trinajstić information content (AvgIpc) is 3.54. The third-order valence-electron chi connectivity index (χ3n) is 6.94. The Kier molecular flexibility index (Phi) is 7.33. The molecule has 16 heteroatoms. The van der Waals surface area contributed by atoms with Gasteiger partial charge in [0.1, 0.15) is 6.10 Å². The highest BCUT2D eigenvalue weighted by Crippen LogP contribution is 2.58. The molecule has 0 aliphatic carbocycles. The lowest BCUT2D eigenvalue weighted by atomic mass is 9.96. The molecule has 3 aliphatic rings. The van der Waals surface area contributed by atoms with Gasteiger partial charge in [-0.3, -0.25) is 18.1 Å². The summed E-state index contributed by atoms with van der Waals surface area (Å²) in [5.41, 5.74) is 6.07. The fourth-order valence-corrected chi connectivity index (χ4v) is 6.65. The summed E-state index contributed by atoms with van der Waals surface area (Å²) in [7, 11) is -4.00. The maximum absolute atomic E-state index is 13.4. The average molecular weight is 610 g/mol. The lowest BCUT2D eigenvalue weighted by Gasteiger charge is -2.30. The second-order valence-electron chi connectivity index (χ2n) is 10.5. The zero-order chi connectivity index (χ0) is 28.9. The van der Waals surface area contributed by atoms with E-state index in [0.717, 1.165) is 5.56 Å². The van der Waals surface area contributed by atoms with Crippen LogP contribution < -0.4 is 10.5 Å². The molecule has 41 heavy (non-hydrogen) atoms. The first kappa shape index (κ1) is 28.1. The molecule has 6 unspecified atom stereocenters. The normalized spacial score (nSPS) is 31.3. The second-order valence-corrected chi connectivity index (χ2v) is 12.6. The number of fused-ring (bicyclic) bond motifs is 2. The quantitative estimate of drug-likeness (QED) is 0.278. The molecule has 220 valence electrons. The van der Waals surface area contributed by atoms with E-state index in [0.29, 0.717) is 29.2 Å². The molecule has 14 nitrogen and oxygen atoms in total. The number of imidazole rings is 1. The number of benzene rings is 1. The molecule has 0 radical (unpaired) electrons. The minimum Gasteiger partial charge on any atom is -0.476 e. The van der Waals surface area contributed by atoms with Crippen molar-refractivity contribution in [2.75, 3.05) is 25.6 Å². The van der Waals surface area contributed by atoms with Crippen molar-refractivity contribution in [1.82, 2.24) is 19.5 Å². The van der Waals surface area contributed by atoms with Crippen LogP contribution in [0.3, 0.4) is 0 Å². The summed E-state index contributed by atoms with van der Waals surface area (Å²) < 4.78 is 55.0. The summed E-state index contributed by atoms with van der Waals surface area (Å²) in [4.78, 5) is 25.2. The number of rotatable bonds is 8. The molecule has 0 spiro atoms. The Morgan fingerprint density at radius 2 is 2.15 bits per heavy atom. The monoisotopic (exact) mass is 609 g/mol. The van der Waals surface area contributed by atoms with Gasteiger partial charge >= 0.3 is 14.0 Å². The van der Waals surface area contributed by atoms with Gasteiger partial charge in [0.05, 0.1) is 32.3 Å². The molecule has 3 aromatic rings. The van der Waals surface area contributed by atoms with Crippen molar-refractivity contribution in [3.8, 4) is 5.88 Å². The molecule has 1 aromatic carbocycles. The van der Waals surface area contributed by atoms with Crippen molar-refractivity contribution >= 4 is 42.7 Å². The largest absolute Gasteiger partial charge is 0.509 e. The SMILES string of the molecule is CC(C)COc1nc(N)nc2c1ncn2C1OC(COP2(=O)OCCC(c3cccc(Cl)c3)O2)C2OC(=O)OC21C. The fraction of sp³-hybridized carbons (Fsp3) is 0.520. The molecular weight excluding hydrogens is 581 g/mol. The van der Waals surface area contributed by atoms with E-state index in [1.165, 1.54) is 6.33 Å². The topological polar surface area (TPSA) is 168 Å². The first-order valence-electron chi connectivity index (χ1n) is 13.1. The van der Waals surface area contributed by atoms with E-state index in [9.17, 15) is 9.36 Å². The van der Waals surface area contributed by atoms with Crippen molar-refractivity contribution in [1.29, 1.82) is 0 Å². The van der Waals surface area contributed by atoms with E-state index in [2.05, 4.69) is 15.0 Å². The molecule has 0 saturated carbocycles. The van der Waals surface area contributed by atoms with Gasteiger partial charge in [0.2, 0.25) is 11.8 Å². The van der Waals surface area contributed by atoms with Crippen LogP contribution in [0.4, 0.5) is 10.7 Å². The van der Waals surface area contributed by atoms with Gasteiger partial charge in [-0.2, -0.15) is 9.97 Å². The number of carbonyl (C=O) groups excluding carboxylic acids is 1. The van der Waals surface area contributed by atoms with Crippen molar-refractivity contribution in [2.24, 2.45) is 5.92 Å². The summed E-state index contributed by atoms with van der Waals surface area (Å²) >= 11 is 6.11. The third-order valence-corrected chi connectivity index (χ3v) is 8.65. The van der Waals surface area contributed by atoms with Crippen LogP contribution >= 0.6 is 19.4 Å². The Balaban J connectivity index is 1.24. The van der Waals surface area contributed by atoms with Gasteiger partial charge < -0.3 is 24.7 Å². The van der Waals surface area contributed by atoms with Crippen molar-refractivity contribution < 1.29 is 41.9 Å². The first-order valence-corrected chi connectivity index (χ1v) is 14.9. The number of phosphoric acid groups is 1. The highest BCUT2D eigenvalue weighted by atomic mass is 35.5. The van der Waals surface area contributed by atoms with Gasteiger partial charge in [-0.05, 0) is 30.5 Å². The number of ether oxygens (including phenoxy) is 4. The van der Waals surface area contributed by atoms with Crippen LogP contribution in [0.25, 0.3) is 11.2 Å². The van der Waals surface area contributed by atoms with E-state index >= 15 is 0 Å². The molecule has 3 aliphatic heterocycles. The zero-order valence-corrected chi connectivity index (χ0v) is 24.1. The number of anilines is 1. The maximum atomic E-state index is 13.4. The van der Waals surface area contributed by atoms with Crippen LogP contribution in [0.2, 0.25) is 5.02 Å². The summed E-state index contributed by atoms with van der Waals surface area (Å²) in [5.74, 6) is 0.427. The Labute approximate surface area is 239 Å². The lowest BCUT2D eigenvalue weighted by Crippen LogP contribution is -2.42. The molecule has 6 atom stereocenters. The van der Waals surface area contributed by atoms with E-state index < -0.39 is 44.1 Å². The number of hydrogen-bond donors (Lipinski definition) is 1. The number of nitrogens with zero attached hydrogens (tertiary/aromatic N) is 4. The molecule has 3 fully saturated rings. The number of hydrogen-bond acceptors (Lipinski definition) is 13. The standard InChI is InChI=1S/C25H29ClN5O9P/c1-13(2)10-34-21-18-20(29-23(27)30-21)31(12-28-18)22-25(3)19(38-24(32)39-25)17(37-22)11-36-41(33)35-8-7-16(40-41)14-5-4-6-15(26)9-14/h4-6,9,12-13,16-17,19,22H,7-8,10-11H2,1-3H3,(H2,27,29,30). The molecule has 3 saturated heterocycles. The minimum absolute atomic E-state index is 0.0313. The summed E-state index contributed by atoms with van der Waals surface area (Å²) in [6.07, 6.45) is -2.29. The Morgan fingerprint density at radius 3 is 2.93 bits per heavy atom. The van der Waals surface area contributed by atoms with Crippen molar-refractivity contribution in [3.63, 3.8) is 0 Å². The van der Waals surface area contributed by atoms with E-state index in [4.69, 9.17) is 49.9 Å². The van der Waals surface area contributed by atoms with Crippen LogP contribution in [0.5, 0.6) is 5.88 Å². The molecule has 2 aromatic heterocycles. The van der Waals surface area contributed by atoms with Gasteiger partial charge in [-0.25, -0.2) is 14.3 Å². The number of carbonyl (C=O) groups is 1. The van der Waals surface area contributed by atoms with Gasteiger partial charge in [-0.15, -0.1) is 0 Å². The molecular formula is C25H29ClN5O9P. The Hall–Kier alpha value is -3.00. The van der Waals surface area contributed by atoms with Crippen LogP contribution in [-0.4, -0.2) is 63.3 Å². The number of phosphoric ester groups is 1. The fourth-order valence-electron chi connectivity index (χ4n) is 5.06. The van der Waals surface area contributed by atoms with Crippen molar-refractivity contribution in [2.45, 2.75) is 57.3 Å². The smallest absolute Gasteiger partial charge is 0.476 e. The Bertz CT molecular complexity index is 1520. The molecule has 6 rings (SSSR count). The van der Waals surface area contributed by atoms with Gasteiger partial charge in [0.15, 0.2) is 29.1 Å². The zero-order valence-electron chi connectivity index (χ0n) is 22.5. The predicted molar refractivity (Wildman–Crippen MR) is 143 cm³/mol. The van der Waals surface area contributed by atoms with E-state index in [1.54, 1.807) is 29.7 Å². The first-order chi connectivity index (χ1) is 19.5. The van der Waals surface area contributed by atoms with Crippen molar-refractivity contribution in [3.05, 3.63) is 41.2 Å². The van der Waals surface area contributed by atoms with Gasteiger partial charge in [0.25, 0.3) is 0 Å². The molecule has 2 N–H and O–H groups in total. The van der Waals surface area contributed by atoms with E-state index in [1.807, 2.05) is 19.9 Å². The van der Waals surface area contributed by atoms with Crippen LogP contribution in [0.15, 0.2) is 30.6 Å². The van der Waals surface area contributed by atoms with Crippen LogP contribution in [-0.2, 0) is 32.3 Å². The highest BCUT2D eigenvalue weighted by Gasteiger charge is 2.64. The maximum Gasteiger partial charge on any atom is 0.509 e. The van der Waals surface area contributed by atoms with Crippen LogP contribution in [0.1, 0.15) is 45.1 Å². The van der Waals surface area contributed by atoms with Gasteiger partial charge in [0, 0.05) is 11.4 Å². The summed E-state index contributed by atoms with van der Waals surface area (Å²) in [5, 5.41) is 0.527. The number of nitrogens with two attached hydrogens (primary N) is 1. The number of halogens is 1. The van der Waals surface area contributed by atoms with Gasteiger partial charge in [-0.1, -0.05) is 37.6 Å². The predicted octanol–water partition coefficient (Wildman–Crippen LogP) is 4.59. The summed E-state index contributed by atoms with van der Waals surface area (Å²) in [6, 6.07) is 7.07. The lowest BCUT2D eigenvalue weighted by molar-refractivity contribution is -0.0925. The Morgan fingerprint density at radius 1 is 1.32 bits per heavy atom. The minimum atomic E-state index is -4.00. The molecule has 0 bridgehead atoms. The number of nitrogen functional groups attached to an aromatic ring is 1. The third kappa shape index (κ3) is 5.36. The van der Waals surface area contributed by atoms with Crippen LogP contribution in [0, 0.1) is 5.92 Å². The number of aromatic nitrogens is 4.